The monoisotopic (exact) mass is 235 g/mol. The largest absolute Gasteiger partial charge is 0.489 e. The van der Waals surface area contributed by atoms with E-state index >= 15 is 0 Å². The molecule has 0 heterocycles. The summed E-state index contributed by atoms with van der Waals surface area (Å²) in [7, 11) is 0. The molecule has 0 atom stereocenters. The summed E-state index contributed by atoms with van der Waals surface area (Å²) in [6.45, 7) is 4.14. The second kappa shape index (κ2) is 6.75. The molecule has 84 valence electrons. The molecule has 0 aliphatic carbocycles. The molecule has 0 aliphatic heterocycles. The van der Waals surface area contributed by atoms with Gasteiger partial charge >= 0.3 is 0 Å². The smallest absolute Gasteiger partial charge is 0.119 e. The topological polar surface area (TPSA) is 35.2 Å². The van der Waals surface area contributed by atoms with Crippen LogP contribution in [0.5, 0.6) is 0 Å². The number of nitrogens with two attached hydrogens (primary N) is 1. The van der Waals surface area contributed by atoms with E-state index in [0.717, 1.165) is 5.56 Å². The fraction of sp³-hybridized carbons (Fsp3) is 0.0769. The second-order valence-corrected chi connectivity index (χ2v) is 3.54. The van der Waals surface area contributed by atoms with Crippen molar-refractivity contribution in [2.24, 2.45) is 5.73 Å². The van der Waals surface area contributed by atoms with Crippen molar-refractivity contribution in [2.75, 3.05) is 0 Å². The number of allylic oxidation sites excluding steroid dienone is 3. The third-order valence-electron chi connectivity index (χ3n) is 1.86. The number of halogens is 1. The van der Waals surface area contributed by atoms with Crippen LogP contribution in [0.15, 0.2) is 66.1 Å². The van der Waals surface area contributed by atoms with Crippen molar-refractivity contribution in [3.05, 3.63) is 71.6 Å². The maximum Gasteiger partial charge on any atom is 0.119 e. The van der Waals surface area contributed by atoms with E-state index in [1.807, 2.05) is 30.3 Å². The Morgan fingerprint density at radius 3 is 2.56 bits per heavy atom. The Morgan fingerprint density at radius 2 is 2.00 bits per heavy atom. The highest BCUT2D eigenvalue weighted by Crippen LogP contribution is 2.07. The molecule has 0 bridgehead atoms. The van der Waals surface area contributed by atoms with Gasteiger partial charge in [-0.25, -0.2) is 0 Å². The van der Waals surface area contributed by atoms with Crippen molar-refractivity contribution in [2.45, 2.75) is 6.61 Å². The quantitative estimate of drug-likeness (QED) is 0.483. The van der Waals surface area contributed by atoms with E-state index in [1.165, 1.54) is 0 Å². The van der Waals surface area contributed by atoms with Crippen molar-refractivity contribution in [3.63, 3.8) is 0 Å². The van der Waals surface area contributed by atoms with Crippen LogP contribution in [0, 0.1) is 0 Å². The van der Waals surface area contributed by atoms with Crippen molar-refractivity contribution in [1.29, 1.82) is 0 Å². The maximum absolute atomic E-state index is 5.51. The van der Waals surface area contributed by atoms with Crippen LogP contribution < -0.4 is 5.73 Å². The summed E-state index contributed by atoms with van der Waals surface area (Å²) >= 11 is 5.50. The Bertz CT molecular complexity index is 392. The molecule has 1 aromatic carbocycles. The molecule has 0 spiro atoms. The Balaban J connectivity index is 2.56. The lowest BCUT2D eigenvalue weighted by Crippen LogP contribution is -1.92. The average molecular weight is 236 g/mol. The van der Waals surface area contributed by atoms with Gasteiger partial charge < -0.3 is 10.5 Å². The van der Waals surface area contributed by atoms with Crippen LogP contribution in [-0.2, 0) is 11.3 Å². The van der Waals surface area contributed by atoms with Gasteiger partial charge in [0.2, 0.25) is 0 Å². The minimum atomic E-state index is 0.211. The van der Waals surface area contributed by atoms with E-state index in [-0.39, 0.29) is 5.16 Å². The highest BCUT2D eigenvalue weighted by molar-refractivity contribution is 6.29. The van der Waals surface area contributed by atoms with E-state index in [0.29, 0.717) is 12.4 Å². The molecule has 0 aromatic heterocycles. The molecule has 3 heteroatoms. The predicted molar refractivity (Wildman–Crippen MR) is 67.6 cm³/mol. The molecule has 16 heavy (non-hydrogen) atoms. The van der Waals surface area contributed by atoms with E-state index in [2.05, 4.69) is 6.58 Å². The molecule has 1 aromatic rings. The van der Waals surface area contributed by atoms with Crippen molar-refractivity contribution in [1.82, 2.24) is 0 Å². The highest BCUT2D eigenvalue weighted by Gasteiger charge is 1.94. The zero-order valence-electron chi connectivity index (χ0n) is 8.90. The van der Waals surface area contributed by atoms with E-state index in [4.69, 9.17) is 22.1 Å². The number of hydrogen-bond acceptors (Lipinski definition) is 2. The number of ether oxygens (including phenoxy) is 1. The van der Waals surface area contributed by atoms with Crippen molar-refractivity contribution >= 4 is 11.6 Å². The number of rotatable bonds is 5. The summed E-state index contributed by atoms with van der Waals surface area (Å²) in [5, 5.41) is 0.211. The van der Waals surface area contributed by atoms with Gasteiger partial charge in [0, 0.05) is 0 Å². The van der Waals surface area contributed by atoms with Gasteiger partial charge in [0.05, 0.1) is 5.16 Å². The van der Waals surface area contributed by atoms with Gasteiger partial charge in [0.15, 0.2) is 0 Å². The van der Waals surface area contributed by atoms with Crippen LogP contribution in [-0.4, -0.2) is 0 Å². The first-order valence-electron chi connectivity index (χ1n) is 4.84. The second-order valence-electron chi connectivity index (χ2n) is 3.10. The molecule has 0 radical (unpaired) electrons. The van der Waals surface area contributed by atoms with Gasteiger partial charge in [-0.05, 0) is 23.8 Å². The summed E-state index contributed by atoms with van der Waals surface area (Å²) < 4.78 is 5.51. The molecule has 1 rings (SSSR count). The van der Waals surface area contributed by atoms with Crippen LogP contribution in [0.4, 0.5) is 0 Å². The molecule has 2 nitrogen and oxygen atoms in total. The molecule has 0 saturated carbocycles. The van der Waals surface area contributed by atoms with Crippen LogP contribution in [0.25, 0.3) is 0 Å². The molecule has 0 amide bonds. The summed E-state index contributed by atoms with van der Waals surface area (Å²) in [6.07, 6.45) is 4.85. The number of hydrogen-bond donors (Lipinski definition) is 1. The third-order valence-corrected chi connectivity index (χ3v) is 1.98. The molecule has 2 N–H and O–H groups in total. The Morgan fingerprint density at radius 1 is 1.31 bits per heavy atom. The molecular formula is C13H14ClNO. The first-order valence-corrected chi connectivity index (χ1v) is 5.22. The molecule has 0 fully saturated rings. The zero-order chi connectivity index (χ0) is 11.8. The summed E-state index contributed by atoms with van der Waals surface area (Å²) in [5.41, 5.74) is 6.39. The van der Waals surface area contributed by atoms with Crippen molar-refractivity contribution < 1.29 is 4.74 Å². The normalized spacial score (nSPS) is 12.3. The van der Waals surface area contributed by atoms with Crippen LogP contribution in [0.3, 0.4) is 0 Å². The molecular weight excluding hydrogens is 222 g/mol. The SMILES string of the molecule is C=C/C(=C\C=C(/N)Cl)OCc1ccccc1. The van der Waals surface area contributed by atoms with E-state index in [1.54, 1.807) is 18.2 Å². The summed E-state index contributed by atoms with van der Waals surface area (Å²) in [4.78, 5) is 0. The average Bonchev–Trinajstić information content (AvgIpc) is 2.30. The highest BCUT2D eigenvalue weighted by atomic mass is 35.5. The van der Waals surface area contributed by atoms with Crippen LogP contribution in [0.1, 0.15) is 5.56 Å². The summed E-state index contributed by atoms with van der Waals surface area (Å²) in [5.74, 6) is 0.632. The van der Waals surface area contributed by atoms with Gasteiger partial charge in [0.1, 0.15) is 12.4 Å². The van der Waals surface area contributed by atoms with Gasteiger partial charge in [-0.15, -0.1) is 0 Å². The van der Waals surface area contributed by atoms with Gasteiger partial charge in [-0.1, -0.05) is 48.5 Å². The van der Waals surface area contributed by atoms with Gasteiger partial charge in [-0.3, -0.25) is 0 Å². The lowest BCUT2D eigenvalue weighted by molar-refractivity contribution is 0.211. The van der Waals surface area contributed by atoms with Crippen LogP contribution in [0.2, 0.25) is 0 Å². The van der Waals surface area contributed by atoms with E-state index in [9.17, 15) is 0 Å². The minimum Gasteiger partial charge on any atom is -0.489 e. The lowest BCUT2D eigenvalue weighted by atomic mass is 10.2. The predicted octanol–water partition coefficient (Wildman–Crippen LogP) is 3.31. The Hall–Kier alpha value is -1.67. The fourth-order valence-electron chi connectivity index (χ4n) is 1.08. The first-order chi connectivity index (χ1) is 7.72. The lowest BCUT2D eigenvalue weighted by Gasteiger charge is -2.05. The summed E-state index contributed by atoms with van der Waals surface area (Å²) in [6, 6.07) is 9.88. The van der Waals surface area contributed by atoms with E-state index < -0.39 is 0 Å². The van der Waals surface area contributed by atoms with Crippen molar-refractivity contribution in [3.8, 4) is 0 Å². The Labute approximate surface area is 101 Å². The number of benzene rings is 1. The fourth-order valence-corrected chi connectivity index (χ4v) is 1.14. The minimum absolute atomic E-state index is 0.211. The van der Waals surface area contributed by atoms with Gasteiger partial charge in [0.25, 0.3) is 0 Å². The Kier molecular flexibility index (Phi) is 5.23. The maximum atomic E-state index is 5.51. The third kappa shape index (κ3) is 4.71. The first kappa shape index (κ1) is 12.4. The van der Waals surface area contributed by atoms with Gasteiger partial charge in [-0.2, -0.15) is 0 Å². The molecule has 0 aliphatic rings. The standard InChI is InChI=1S/C13H14ClNO/c1-2-12(8-9-13(14)15)16-10-11-6-4-3-5-7-11/h2-9H,1,10,15H2/b12-8+,13-9-. The zero-order valence-corrected chi connectivity index (χ0v) is 9.65. The molecule has 0 unspecified atom stereocenters. The van der Waals surface area contributed by atoms with Crippen LogP contribution >= 0.6 is 11.6 Å². The molecule has 0 saturated heterocycles.